The number of esters is 1. The lowest BCUT2D eigenvalue weighted by Crippen LogP contribution is -2.43. The van der Waals surface area contributed by atoms with Crippen LogP contribution in [0.1, 0.15) is 35.8 Å². The van der Waals surface area contributed by atoms with Crippen molar-refractivity contribution in [2.75, 3.05) is 19.7 Å². The highest BCUT2D eigenvalue weighted by atomic mass is 16.5. The fraction of sp³-hybridized carbons (Fsp3) is 0.429. The smallest absolute Gasteiger partial charge is 0.310 e. The second-order valence-corrected chi connectivity index (χ2v) is 6.86. The Morgan fingerprint density at radius 2 is 1.96 bits per heavy atom. The van der Waals surface area contributed by atoms with Gasteiger partial charge in [-0.05, 0) is 37.8 Å². The number of benzene rings is 1. The Kier molecular flexibility index (Phi) is 5.45. The highest BCUT2D eigenvalue weighted by molar-refractivity contribution is 6.00. The molecule has 0 N–H and O–H groups in total. The lowest BCUT2D eigenvalue weighted by atomic mass is 9.96. The van der Waals surface area contributed by atoms with Gasteiger partial charge in [-0.25, -0.2) is 0 Å². The number of aryl methyl sites for hydroxylation is 2. The first-order chi connectivity index (χ1) is 12.5. The SMILES string of the molecule is CCOC(=O)C1CCCN(C(=O)c2c(-c3ccccc3)c(C)cn2C)C1. The number of piperidine rings is 1. The number of amides is 1. The van der Waals surface area contributed by atoms with E-state index >= 15 is 0 Å². The minimum atomic E-state index is -0.228. The molecular weight excluding hydrogens is 328 g/mol. The fourth-order valence-corrected chi connectivity index (χ4v) is 3.77. The Morgan fingerprint density at radius 1 is 1.23 bits per heavy atom. The van der Waals surface area contributed by atoms with Crippen molar-refractivity contribution in [3.8, 4) is 11.1 Å². The van der Waals surface area contributed by atoms with E-state index in [1.54, 1.807) is 4.90 Å². The first-order valence-electron chi connectivity index (χ1n) is 9.20. The van der Waals surface area contributed by atoms with Gasteiger partial charge in [-0.15, -0.1) is 0 Å². The molecule has 1 fully saturated rings. The number of likely N-dealkylation sites (tertiary alicyclic amines) is 1. The number of hydrogen-bond acceptors (Lipinski definition) is 3. The first-order valence-corrected chi connectivity index (χ1v) is 9.20. The van der Waals surface area contributed by atoms with Gasteiger partial charge in [0.05, 0.1) is 12.5 Å². The molecule has 0 aliphatic carbocycles. The molecule has 0 spiro atoms. The third-order valence-corrected chi connectivity index (χ3v) is 4.96. The summed E-state index contributed by atoms with van der Waals surface area (Å²) >= 11 is 0. The molecule has 26 heavy (non-hydrogen) atoms. The van der Waals surface area contributed by atoms with Gasteiger partial charge in [0.1, 0.15) is 5.69 Å². The Bertz CT molecular complexity index is 795. The van der Waals surface area contributed by atoms with Crippen LogP contribution in [0.5, 0.6) is 0 Å². The number of carbonyl (C=O) groups is 2. The molecule has 138 valence electrons. The number of aromatic nitrogens is 1. The van der Waals surface area contributed by atoms with Gasteiger partial charge in [0.15, 0.2) is 0 Å². The van der Waals surface area contributed by atoms with Gasteiger partial charge in [-0.2, -0.15) is 0 Å². The van der Waals surface area contributed by atoms with Crippen LogP contribution in [-0.2, 0) is 16.6 Å². The number of rotatable bonds is 4. The van der Waals surface area contributed by atoms with Crippen molar-refractivity contribution < 1.29 is 14.3 Å². The van der Waals surface area contributed by atoms with E-state index in [2.05, 4.69) is 0 Å². The summed E-state index contributed by atoms with van der Waals surface area (Å²) in [7, 11) is 1.90. The Morgan fingerprint density at radius 3 is 2.65 bits per heavy atom. The van der Waals surface area contributed by atoms with Crippen LogP contribution in [-0.4, -0.2) is 41.0 Å². The highest BCUT2D eigenvalue weighted by Gasteiger charge is 2.32. The van der Waals surface area contributed by atoms with Gasteiger partial charge in [-0.3, -0.25) is 9.59 Å². The third kappa shape index (κ3) is 3.52. The predicted octanol–water partition coefficient (Wildman–Crippen LogP) is 3.42. The number of carbonyl (C=O) groups excluding carboxylic acids is 2. The van der Waals surface area contributed by atoms with E-state index in [1.807, 2.05) is 62.0 Å². The van der Waals surface area contributed by atoms with Crippen LogP contribution >= 0.6 is 0 Å². The highest BCUT2D eigenvalue weighted by Crippen LogP contribution is 2.30. The molecule has 5 heteroatoms. The zero-order valence-electron chi connectivity index (χ0n) is 15.7. The van der Waals surface area contributed by atoms with Crippen LogP contribution in [0.4, 0.5) is 0 Å². The summed E-state index contributed by atoms with van der Waals surface area (Å²) in [4.78, 5) is 27.2. The van der Waals surface area contributed by atoms with Gasteiger partial charge < -0.3 is 14.2 Å². The zero-order valence-corrected chi connectivity index (χ0v) is 15.7. The molecule has 3 rings (SSSR count). The second-order valence-electron chi connectivity index (χ2n) is 6.86. The van der Waals surface area contributed by atoms with E-state index in [-0.39, 0.29) is 17.8 Å². The van der Waals surface area contributed by atoms with Gasteiger partial charge in [0, 0.05) is 31.9 Å². The number of hydrogen-bond donors (Lipinski definition) is 0. The summed E-state index contributed by atoms with van der Waals surface area (Å²) in [6.07, 6.45) is 3.59. The maximum atomic E-state index is 13.3. The molecule has 1 aliphatic heterocycles. The molecule has 0 radical (unpaired) electrons. The molecule has 1 aromatic carbocycles. The van der Waals surface area contributed by atoms with E-state index in [0.29, 0.717) is 25.4 Å². The molecule has 0 saturated carbocycles. The van der Waals surface area contributed by atoms with E-state index in [1.165, 1.54) is 0 Å². The van der Waals surface area contributed by atoms with Crippen LogP contribution in [0.25, 0.3) is 11.1 Å². The number of ether oxygens (including phenoxy) is 1. The normalized spacial score (nSPS) is 17.2. The summed E-state index contributed by atoms with van der Waals surface area (Å²) < 4.78 is 7.05. The number of nitrogens with zero attached hydrogens (tertiary/aromatic N) is 2. The lowest BCUT2D eigenvalue weighted by Gasteiger charge is -2.32. The van der Waals surface area contributed by atoms with Crippen LogP contribution in [0.2, 0.25) is 0 Å². The summed E-state index contributed by atoms with van der Waals surface area (Å²) in [5.41, 5.74) is 3.75. The maximum absolute atomic E-state index is 13.3. The summed E-state index contributed by atoms with van der Waals surface area (Å²) in [6, 6.07) is 9.98. The standard InChI is InChI=1S/C21H26N2O3/c1-4-26-21(25)17-11-8-12-23(14-17)20(24)19-18(15(2)13-22(19)3)16-9-6-5-7-10-16/h5-7,9-10,13,17H,4,8,11-12,14H2,1-3H3. The molecule has 0 bridgehead atoms. The van der Waals surface area contributed by atoms with Crippen molar-refractivity contribution in [3.05, 3.63) is 47.8 Å². The summed E-state index contributed by atoms with van der Waals surface area (Å²) in [6.45, 7) is 5.31. The van der Waals surface area contributed by atoms with Crippen LogP contribution in [0.3, 0.4) is 0 Å². The molecule has 1 unspecified atom stereocenters. The molecular formula is C21H26N2O3. The quantitative estimate of drug-likeness (QED) is 0.791. The van der Waals surface area contributed by atoms with Crippen molar-refractivity contribution in [1.29, 1.82) is 0 Å². The summed E-state index contributed by atoms with van der Waals surface area (Å²) in [5.74, 6) is -0.445. The molecule has 2 heterocycles. The molecule has 2 aromatic rings. The van der Waals surface area contributed by atoms with Crippen molar-refractivity contribution in [2.45, 2.75) is 26.7 Å². The minimum Gasteiger partial charge on any atom is -0.466 e. The minimum absolute atomic E-state index is 0.0200. The Hall–Kier alpha value is -2.56. The molecule has 5 nitrogen and oxygen atoms in total. The first kappa shape index (κ1) is 18.2. The van der Waals surface area contributed by atoms with Crippen LogP contribution in [0.15, 0.2) is 36.5 Å². The Balaban J connectivity index is 1.90. The molecule has 1 aromatic heterocycles. The van der Waals surface area contributed by atoms with E-state index < -0.39 is 0 Å². The van der Waals surface area contributed by atoms with E-state index in [4.69, 9.17) is 4.74 Å². The largest absolute Gasteiger partial charge is 0.466 e. The average Bonchev–Trinajstić information content (AvgIpc) is 2.96. The van der Waals surface area contributed by atoms with Crippen LogP contribution in [0, 0.1) is 12.8 Å². The molecule has 1 saturated heterocycles. The van der Waals surface area contributed by atoms with Gasteiger partial charge >= 0.3 is 5.97 Å². The average molecular weight is 354 g/mol. The Labute approximate surface area is 154 Å². The zero-order chi connectivity index (χ0) is 18.7. The molecule has 1 amide bonds. The van der Waals surface area contributed by atoms with Crippen molar-refractivity contribution in [2.24, 2.45) is 13.0 Å². The molecule has 1 aliphatic rings. The van der Waals surface area contributed by atoms with Gasteiger partial charge in [-0.1, -0.05) is 30.3 Å². The third-order valence-electron chi connectivity index (χ3n) is 4.96. The van der Waals surface area contributed by atoms with Crippen LogP contribution < -0.4 is 0 Å². The van der Waals surface area contributed by atoms with E-state index in [9.17, 15) is 9.59 Å². The maximum Gasteiger partial charge on any atom is 0.310 e. The predicted molar refractivity (Wildman–Crippen MR) is 101 cm³/mol. The van der Waals surface area contributed by atoms with E-state index in [0.717, 1.165) is 29.5 Å². The monoisotopic (exact) mass is 354 g/mol. The topological polar surface area (TPSA) is 51.5 Å². The van der Waals surface area contributed by atoms with Crippen molar-refractivity contribution >= 4 is 11.9 Å². The van der Waals surface area contributed by atoms with Crippen molar-refractivity contribution in [3.63, 3.8) is 0 Å². The summed E-state index contributed by atoms with van der Waals surface area (Å²) in [5, 5.41) is 0. The lowest BCUT2D eigenvalue weighted by molar-refractivity contribution is -0.149. The van der Waals surface area contributed by atoms with Crippen molar-refractivity contribution in [1.82, 2.24) is 9.47 Å². The van der Waals surface area contributed by atoms with Gasteiger partial charge in [0.25, 0.3) is 5.91 Å². The van der Waals surface area contributed by atoms with Gasteiger partial charge in [0.2, 0.25) is 0 Å². The fourth-order valence-electron chi connectivity index (χ4n) is 3.77. The molecule has 1 atom stereocenters. The second kappa shape index (κ2) is 7.77.